The molecule has 0 bridgehead atoms. The minimum absolute atomic E-state index is 0.536. The zero-order chi connectivity index (χ0) is 13.0. The summed E-state index contributed by atoms with van der Waals surface area (Å²) in [5, 5.41) is 0. The lowest BCUT2D eigenvalue weighted by atomic mass is 9.98. The highest BCUT2D eigenvalue weighted by atomic mass is 16.5. The maximum absolute atomic E-state index is 5.75. The number of hydrogen-bond acceptors (Lipinski definition) is 3. The third-order valence-corrected chi connectivity index (χ3v) is 3.85. The summed E-state index contributed by atoms with van der Waals surface area (Å²) in [5.74, 6) is 1.78. The molecule has 1 aliphatic rings. The summed E-state index contributed by atoms with van der Waals surface area (Å²) in [6, 6.07) is 6.36. The summed E-state index contributed by atoms with van der Waals surface area (Å²) in [4.78, 5) is 2.53. The number of piperidine rings is 1. The molecule has 3 heteroatoms. The molecule has 3 nitrogen and oxygen atoms in total. The second-order valence-electron chi connectivity index (χ2n) is 5.31. The Bertz CT molecular complexity index is 384. The highest BCUT2D eigenvalue weighted by Crippen LogP contribution is 2.22. The molecule has 1 saturated heterocycles. The van der Waals surface area contributed by atoms with Crippen LogP contribution in [0.4, 0.5) is 0 Å². The molecule has 0 radical (unpaired) electrons. The van der Waals surface area contributed by atoms with Gasteiger partial charge in [-0.15, -0.1) is 0 Å². The summed E-state index contributed by atoms with van der Waals surface area (Å²) >= 11 is 0. The maximum Gasteiger partial charge on any atom is 0.123 e. The summed E-state index contributed by atoms with van der Waals surface area (Å²) in [7, 11) is 1.69. The molecule has 0 atom stereocenters. The van der Waals surface area contributed by atoms with E-state index in [4.69, 9.17) is 10.5 Å². The van der Waals surface area contributed by atoms with Crippen molar-refractivity contribution in [3.05, 3.63) is 29.3 Å². The lowest BCUT2D eigenvalue weighted by Gasteiger charge is -2.30. The zero-order valence-corrected chi connectivity index (χ0v) is 11.5. The number of hydrogen-bond donors (Lipinski definition) is 1. The van der Waals surface area contributed by atoms with Gasteiger partial charge in [-0.3, -0.25) is 4.90 Å². The van der Waals surface area contributed by atoms with Gasteiger partial charge in [0.05, 0.1) is 7.11 Å². The van der Waals surface area contributed by atoms with Crippen LogP contribution in [0.1, 0.15) is 30.9 Å². The van der Waals surface area contributed by atoms with Gasteiger partial charge in [0, 0.05) is 18.7 Å². The number of rotatable bonds is 4. The first-order chi connectivity index (χ1) is 8.72. The quantitative estimate of drug-likeness (QED) is 0.889. The van der Waals surface area contributed by atoms with Gasteiger partial charge in [0.2, 0.25) is 0 Å². The molecule has 1 fully saturated rings. The van der Waals surface area contributed by atoms with Crippen molar-refractivity contribution in [1.82, 2.24) is 4.90 Å². The molecule has 0 saturated carbocycles. The molecule has 100 valence electrons. The van der Waals surface area contributed by atoms with Crippen molar-refractivity contribution in [3.8, 4) is 5.75 Å². The van der Waals surface area contributed by atoms with Crippen LogP contribution in [0.2, 0.25) is 0 Å². The summed E-state index contributed by atoms with van der Waals surface area (Å²) in [6.07, 6.45) is 2.64. The molecule has 1 heterocycles. The van der Waals surface area contributed by atoms with Crippen molar-refractivity contribution in [2.75, 3.05) is 20.2 Å². The van der Waals surface area contributed by atoms with E-state index >= 15 is 0 Å². The molecule has 18 heavy (non-hydrogen) atoms. The molecule has 0 spiro atoms. The predicted molar refractivity (Wildman–Crippen MR) is 74.6 cm³/mol. The van der Waals surface area contributed by atoms with Gasteiger partial charge in [0.15, 0.2) is 0 Å². The lowest BCUT2D eigenvalue weighted by Crippen LogP contribution is -2.32. The van der Waals surface area contributed by atoms with Gasteiger partial charge < -0.3 is 10.5 Å². The third-order valence-electron chi connectivity index (χ3n) is 3.85. The Kier molecular flexibility index (Phi) is 4.61. The Morgan fingerprint density at radius 3 is 2.67 bits per heavy atom. The summed E-state index contributed by atoms with van der Waals surface area (Å²) < 4.78 is 5.30. The fraction of sp³-hybridized carbons (Fsp3) is 0.600. The molecule has 1 aliphatic heterocycles. The van der Waals surface area contributed by atoms with Crippen LogP contribution < -0.4 is 10.5 Å². The van der Waals surface area contributed by atoms with E-state index in [-0.39, 0.29) is 0 Å². The monoisotopic (exact) mass is 248 g/mol. The number of nitrogens with zero attached hydrogens (tertiary/aromatic N) is 1. The van der Waals surface area contributed by atoms with Crippen molar-refractivity contribution in [2.24, 2.45) is 11.7 Å². The smallest absolute Gasteiger partial charge is 0.123 e. The largest absolute Gasteiger partial charge is 0.496 e. The number of nitrogens with two attached hydrogens (primary N) is 1. The Labute approximate surface area is 110 Å². The molecule has 0 amide bonds. The third kappa shape index (κ3) is 3.24. The number of methoxy groups -OCH3 is 1. The first-order valence-electron chi connectivity index (χ1n) is 6.81. The first-order valence-corrected chi connectivity index (χ1v) is 6.81. The highest BCUT2D eigenvalue weighted by Gasteiger charge is 2.16. The average molecular weight is 248 g/mol. The molecule has 2 N–H and O–H groups in total. The Morgan fingerprint density at radius 1 is 1.33 bits per heavy atom. The Morgan fingerprint density at radius 2 is 2.06 bits per heavy atom. The molecular formula is C15H24N2O. The van der Waals surface area contributed by atoms with E-state index in [1.807, 2.05) is 6.07 Å². The van der Waals surface area contributed by atoms with Crippen LogP contribution in [-0.4, -0.2) is 25.1 Å². The van der Waals surface area contributed by atoms with Gasteiger partial charge in [-0.2, -0.15) is 0 Å². The number of benzene rings is 1. The minimum Gasteiger partial charge on any atom is -0.496 e. The van der Waals surface area contributed by atoms with Crippen LogP contribution in [0.15, 0.2) is 18.2 Å². The number of ether oxygens (including phenoxy) is 1. The lowest BCUT2D eigenvalue weighted by molar-refractivity contribution is 0.185. The topological polar surface area (TPSA) is 38.5 Å². The van der Waals surface area contributed by atoms with Crippen LogP contribution in [-0.2, 0) is 13.1 Å². The predicted octanol–water partition coefficient (Wildman–Crippen LogP) is 2.39. The van der Waals surface area contributed by atoms with Crippen LogP contribution in [0.25, 0.3) is 0 Å². The van der Waals surface area contributed by atoms with Crippen LogP contribution in [0.5, 0.6) is 5.75 Å². The van der Waals surface area contributed by atoms with E-state index in [9.17, 15) is 0 Å². The average Bonchev–Trinajstić information content (AvgIpc) is 2.41. The normalized spacial score (nSPS) is 17.9. The Balaban J connectivity index is 2.01. The first kappa shape index (κ1) is 13.4. The van der Waals surface area contributed by atoms with Gasteiger partial charge in [0.1, 0.15) is 5.75 Å². The zero-order valence-electron chi connectivity index (χ0n) is 11.5. The van der Waals surface area contributed by atoms with E-state index in [1.165, 1.54) is 31.5 Å². The maximum atomic E-state index is 5.75. The second kappa shape index (κ2) is 6.21. The van der Waals surface area contributed by atoms with E-state index in [0.717, 1.165) is 23.8 Å². The number of likely N-dealkylation sites (tertiary alicyclic amines) is 1. The van der Waals surface area contributed by atoms with E-state index < -0.39 is 0 Å². The summed E-state index contributed by atoms with van der Waals surface area (Å²) in [5.41, 5.74) is 8.19. The molecule has 0 aliphatic carbocycles. The molecular weight excluding hydrogens is 224 g/mol. The minimum atomic E-state index is 0.536. The fourth-order valence-corrected chi connectivity index (χ4v) is 2.57. The molecule has 2 rings (SSSR count). The molecule has 0 unspecified atom stereocenters. The van der Waals surface area contributed by atoms with Crippen molar-refractivity contribution in [2.45, 2.75) is 32.9 Å². The van der Waals surface area contributed by atoms with Crippen LogP contribution >= 0.6 is 0 Å². The van der Waals surface area contributed by atoms with Gasteiger partial charge in [0.25, 0.3) is 0 Å². The fourth-order valence-electron chi connectivity index (χ4n) is 2.57. The SMILES string of the molecule is COc1ccc(CN2CCC(C)CC2)cc1CN. The highest BCUT2D eigenvalue weighted by molar-refractivity contribution is 5.37. The van der Waals surface area contributed by atoms with Crippen molar-refractivity contribution >= 4 is 0 Å². The standard InChI is InChI=1S/C15H24N2O/c1-12-5-7-17(8-6-12)11-13-3-4-15(18-2)14(9-13)10-16/h3-4,9,12H,5-8,10-11,16H2,1-2H3. The van der Waals surface area contributed by atoms with E-state index in [2.05, 4.69) is 24.0 Å². The van der Waals surface area contributed by atoms with Crippen molar-refractivity contribution in [3.63, 3.8) is 0 Å². The van der Waals surface area contributed by atoms with Gasteiger partial charge in [-0.05, 0) is 49.5 Å². The summed E-state index contributed by atoms with van der Waals surface area (Å²) in [6.45, 7) is 6.34. The van der Waals surface area contributed by atoms with Gasteiger partial charge in [-0.1, -0.05) is 13.0 Å². The van der Waals surface area contributed by atoms with E-state index in [0.29, 0.717) is 6.54 Å². The van der Waals surface area contributed by atoms with Gasteiger partial charge >= 0.3 is 0 Å². The van der Waals surface area contributed by atoms with Crippen LogP contribution in [0.3, 0.4) is 0 Å². The molecule has 0 aromatic heterocycles. The Hall–Kier alpha value is -1.06. The molecule has 1 aromatic carbocycles. The van der Waals surface area contributed by atoms with Gasteiger partial charge in [-0.25, -0.2) is 0 Å². The van der Waals surface area contributed by atoms with E-state index in [1.54, 1.807) is 7.11 Å². The van der Waals surface area contributed by atoms with Crippen molar-refractivity contribution < 1.29 is 4.74 Å². The second-order valence-corrected chi connectivity index (χ2v) is 5.31. The molecule has 1 aromatic rings. The van der Waals surface area contributed by atoms with Crippen LogP contribution in [0, 0.1) is 5.92 Å². The van der Waals surface area contributed by atoms with Crippen molar-refractivity contribution in [1.29, 1.82) is 0 Å².